The summed E-state index contributed by atoms with van der Waals surface area (Å²) in [7, 11) is 0. The zero-order valence-electron chi connectivity index (χ0n) is 17.5. The van der Waals surface area contributed by atoms with E-state index in [0.29, 0.717) is 0 Å². The lowest BCUT2D eigenvalue weighted by Gasteiger charge is -2.07. The number of para-hydroxylation sites is 1. The quantitative estimate of drug-likeness (QED) is 0.419. The Labute approximate surface area is 111 Å². The first-order valence-electron chi connectivity index (χ1n) is 9.45. The molecular weight excluding hydrogens is 208 g/mol. The van der Waals surface area contributed by atoms with Crippen LogP contribution in [0.2, 0.25) is 0 Å². The van der Waals surface area contributed by atoms with Crippen LogP contribution in [-0.2, 0) is 0 Å². The Morgan fingerprint density at radius 2 is 1.76 bits per heavy atom. The van der Waals surface area contributed by atoms with Crippen molar-refractivity contribution >= 4 is 27.3 Å². The van der Waals surface area contributed by atoms with Crippen LogP contribution in [-0.4, -0.2) is 9.38 Å². The highest BCUT2D eigenvalue weighted by Gasteiger charge is 2.07. The van der Waals surface area contributed by atoms with Gasteiger partial charge in [0.05, 0.1) is 17.9 Å². The molecular formula is C15H10N2. The predicted molar refractivity (Wildman–Crippen MR) is 70.2 cm³/mol. The van der Waals surface area contributed by atoms with Crippen molar-refractivity contribution in [3.05, 3.63) is 60.7 Å². The number of hydrogen-bond donors (Lipinski definition) is 0. The molecule has 2 aromatic heterocycles. The molecule has 0 fully saturated rings. The van der Waals surface area contributed by atoms with Crippen molar-refractivity contribution in [1.82, 2.24) is 9.38 Å². The highest BCUT2D eigenvalue weighted by molar-refractivity contribution is 6.11. The van der Waals surface area contributed by atoms with E-state index in [2.05, 4.69) is 4.98 Å². The van der Waals surface area contributed by atoms with Crippen molar-refractivity contribution in [1.29, 1.82) is 0 Å². The Balaban J connectivity index is 2.55. The highest BCUT2D eigenvalue weighted by Crippen LogP contribution is 2.28. The fraction of sp³-hybridized carbons (Fsp3) is 0. The number of fused-ring (bicyclic) bond motifs is 6. The fourth-order valence-corrected chi connectivity index (χ4v) is 1.95. The molecule has 0 unspecified atom stereocenters. The molecule has 0 saturated heterocycles. The van der Waals surface area contributed by atoms with Crippen molar-refractivity contribution in [2.24, 2.45) is 0 Å². The van der Waals surface area contributed by atoms with Crippen molar-refractivity contribution < 1.29 is 12.3 Å². The minimum Gasteiger partial charge on any atom is -0.299 e. The molecule has 2 aromatic carbocycles. The van der Waals surface area contributed by atoms with Gasteiger partial charge in [0.15, 0.2) is 0 Å². The summed E-state index contributed by atoms with van der Waals surface area (Å²) < 4.78 is 73.4. The van der Waals surface area contributed by atoms with E-state index in [4.69, 9.17) is 12.3 Å². The summed E-state index contributed by atoms with van der Waals surface area (Å²) in [6, 6.07) is -1.52. The van der Waals surface area contributed by atoms with E-state index in [-0.39, 0.29) is 57.8 Å². The molecule has 0 aliphatic rings. The summed E-state index contributed by atoms with van der Waals surface area (Å²) in [5.41, 5.74) is -0.0188. The minimum atomic E-state index is -0.502. The number of pyridine rings is 1. The third-order valence-electron chi connectivity index (χ3n) is 2.66. The maximum Gasteiger partial charge on any atom is 0.145 e. The number of imidazole rings is 1. The maximum atomic E-state index is 8.26. The van der Waals surface area contributed by atoms with Gasteiger partial charge in [-0.1, -0.05) is 42.3 Å². The monoisotopic (exact) mass is 227 g/mol. The van der Waals surface area contributed by atoms with Gasteiger partial charge in [-0.15, -0.1) is 0 Å². The normalized spacial score (nSPS) is 18.9. The summed E-state index contributed by atoms with van der Waals surface area (Å²) in [4.78, 5) is 3.99. The Bertz CT molecular complexity index is 1280. The standard InChI is InChI=1S/C15H10N2/c1-2-7-13-11(5-1)12-6-3-4-8-14(12)17-10-9-16-15(13)17/h1-10H/i1D,2D,3D,4D,5D,6D,8D,9D,10D. The number of rotatable bonds is 0. The Morgan fingerprint density at radius 1 is 0.941 bits per heavy atom. The minimum absolute atomic E-state index is 0.0251. The lowest BCUT2D eigenvalue weighted by Crippen LogP contribution is -1.89. The van der Waals surface area contributed by atoms with Gasteiger partial charge in [-0.05, 0) is 11.4 Å². The lowest BCUT2D eigenvalue weighted by atomic mass is 10.1. The summed E-state index contributed by atoms with van der Waals surface area (Å²) in [6.45, 7) is 0. The topological polar surface area (TPSA) is 17.3 Å². The average molecular weight is 227 g/mol. The molecule has 0 aliphatic carbocycles. The smallest absolute Gasteiger partial charge is 0.145 e. The van der Waals surface area contributed by atoms with Gasteiger partial charge in [0, 0.05) is 23.1 Å². The molecule has 0 amide bonds. The van der Waals surface area contributed by atoms with Crippen LogP contribution >= 0.6 is 0 Å². The Morgan fingerprint density at radius 3 is 2.76 bits per heavy atom. The van der Waals surface area contributed by atoms with Gasteiger partial charge in [0.1, 0.15) is 5.65 Å². The molecule has 0 spiro atoms. The predicted octanol–water partition coefficient (Wildman–Crippen LogP) is 3.64. The van der Waals surface area contributed by atoms with Crippen molar-refractivity contribution in [2.75, 3.05) is 0 Å². The van der Waals surface area contributed by atoms with Gasteiger partial charge in [-0.3, -0.25) is 4.40 Å². The van der Waals surface area contributed by atoms with E-state index in [1.807, 2.05) is 0 Å². The largest absolute Gasteiger partial charge is 0.299 e. The van der Waals surface area contributed by atoms with Gasteiger partial charge < -0.3 is 0 Å². The van der Waals surface area contributed by atoms with E-state index < -0.39 is 24.2 Å². The first kappa shape index (κ1) is 3.84. The highest BCUT2D eigenvalue weighted by atomic mass is 15.0. The molecule has 2 nitrogen and oxygen atoms in total. The summed E-state index contributed by atoms with van der Waals surface area (Å²) in [5, 5.41) is 0.230. The molecule has 0 N–H and O–H groups in total. The third-order valence-corrected chi connectivity index (χ3v) is 2.66. The van der Waals surface area contributed by atoms with Crippen LogP contribution in [0.25, 0.3) is 27.3 Å². The SMILES string of the molecule is [2H]c1cc2c(c([2H])c1[2H])c1c([2H])c([2H])c([2H])c([2H])c1n1c([2H])c([2H])nc21. The molecule has 0 bridgehead atoms. The summed E-state index contributed by atoms with van der Waals surface area (Å²) in [6.07, 6.45) is -0.746. The van der Waals surface area contributed by atoms with Gasteiger partial charge in [0.25, 0.3) is 0 Å². The molecule has 2 heteroatoms. The number of benzene rings is 2. The van der Waals surface area contributed by atoms with Crippen LogP contribution in [0, 0.1) is 0 Å². The number of nitrogens with zero attached hydrogens (tertiary/aromatic N) is 2. The molecule has 17 heavy (non-hydrogen) atoms. The second-order valence-electron chi connectivity index (χ2n) is 3.55. The summed E-state index contributed by atoms with van der Waals surface area (Å²) in [5.74, 6) is 0. The lowest BCUT2D eigenvalue weighted by molar-refractivity contribution is 1.27. The van der Waals surface area contributed by atoms with Gasteiger partial charge in [-0.2, -0.15) is 0 Å². The fourth-order valence-electron chi connectivity index (χ4n) is 1.95. The molecule has 4 aromatic rings. The number of hydrogen-bond acceptors (Lipinski definition) is 1. The first-order valence-corrected chi connectivity index (χ1v) is 4.95. The molecule has 0 saturated carbocycles. The van der Waals surface area contributed by atoms with Gasteiger partial charge in [0.2, 0.25) is 0 Å². The molecule has 4 rings (SSSR count). The van der Waals surface area contributed by atoms with Crippen molar-refractivity contribution in [2.45, 2.75) is 0 Å². The zero-order valence-corrected chi connectivity index (χ0v) is 8.47. The van der Waals surface area contributed by atoms with E-state index >= 15 is 0 Å². The van der Waals surface area contributed by atoms with Crippen LogP contribution in [0.15, 0.2) is 60.7 Å². The van der Waals surface area contributed by atoms with Crippen LogP contribution < -0.4 is 0 Å². The van der Waals surface area contributed by atoms with E-state index in [9.17, 15) is 0 Å². The summed E-state index contributed by atoms with van der Waals surface area (Å²) >= 11 is 0. The van der Waals surface area contributed by atoms with E-state index in [1.54, 1.807) is 0 Å². The Kier molecular flexibility index (Phi) is 0.695. The van der Waals surface area contributed by atoms with Gasteiger partial charge in [-0.25, -0.2) is 4.98 Å². The molecule has 0 aliphatic heterocycles. The molecule has 2 heterocycles. The van der Waals surface area contributed by atoms with Crippen LogP contribution in [0.5, 0.6) is 0 Å². The van der Waals surface area contributed by atoms with Crippen LogP contribution in [0.3, 0.4) is 0 Å². The Hall–Kier alpha value is -2.35. The first-order chi connectivity index (χ1) is 12.2. The van der Waals surface area contributed by atoms with Crippen LogP contribution in [0.1, 0.15) is 12.3 Å². The second-order valence-corrected chi connectivity index (χ2v) is 3.55. The molecule has 0 radical (unpaired) electrons. The van der Waals surface area contributed by atoms with E-state index in [0.717, 1.165) is 4.40 Å². The van der Waals surface area contributed by atoms with Crippen molar-refractivity contribution in [3.63, 3.8) is 0 Å². The van der Waals surface area contributed by atoms with Gasteiger partial charge >= 0.3 is 0 Å². The second kappa shape index (κ2) is 3.08. The molecule has 80 valence electrons. The molecule has 0 atom stereocenters. The van der Waals surface area contributed by atoms with Crippen molar-refractivity contribution in [3.8, 4) is 0 Å². The average Bonchev–Trinajstić information content (AvgIpc) is 2.90. The maximum absolute atomic E-state index is 8.26. The zero-order chi connectivity index (χ0) is 19.1. The number of aromatic nitrogens is 2. The van der Waals surface area contributed by atoms with Crippen LogP contribution in [0.4, 0.5) is 0 Å². The van der Waals surface area contributed by atoms with E-state index in [1.165, 1.54) is 6.07 Å². The third kappa shape index (κ3) is 1.07.